The summed E-state index contributed by atoms with van der Waals surface area (Å²) in [5, 5.41) is 3.77. The van der Waals surface area contributed by atoms with E-state index in [2.05, 4.69) is 30.5 Å². The number of nitrogens with one attached hydrogen (secondary N) is 1. The molecule has 0 spiro atoms. The number of hydrogen-bond donors (Lipinski definition) is 1. The maximum atomic E-state index is 13.8. The first-order valence-corrected chi connectivity index (χ1v) is 7.17. The molecule has 1 N–H and O–H groups in total. The van der Waals surface area contributed by atoms with Crippen LogP contribution in [0.3, 0.4) is 0 Å². The summed E-state index contributed by atoms with van der Waals surface area (Å²) in [6.45, 7) is 7.02. The van der Waals surface area contributed by atoms with Crippen LogP contribution in [-0.2, 0) is 6.54 Å². The summed E-state index contributed by atoms with van der Waals surface area (Å²) in [6, 6.07) is 6.54. The molecule has 0 aliphatic heterocycles. The zero-order chi connectivity index (χ0) is 14.0. The first kappa shape index (κ1) is 14.4. The maximum absolute atomic E-state index is 13.8. The fraction of sp³-hybridized carbons (Fsp3) is 0.357. The third kappa shape index (κ3) is 3.75. The Morgan fingerprint density at radius 3 is 2.74 bits per heavy atom. The van der Waals surface area contributed by atoms with E-state index in [1.807, 2.05) is 6.07 Å². The summed E-state index contributed by atoms with van der Waals surface area (Å²) in [7, 11) is 0. The molecule has 1 aromatic carbocycles. The molecule has 0 saturated carbocycles. The number of aromatic nitrogens is 1. The molecule has 1 aromatic heterocycles. The van der Waals surface area contributed by atoms with Crippen molar-refractivity contribution in [1.82, 2.24) is 9.69 Å². The average Bonchev–Trinajstić information content (AvgIpc) is 2.74. The molecule has 0 fully saturated rings. The van der Waals surface area contributed by atoms with Crippen molar-refractivity contribution >= 4 is 23.1 Å². The van der Waals surface area contributed by atoms with Gasteiger partial charge in [-0.15, -0.1) is 0 Å². The minimum Gasteiger partial charge on any atom is -0.307 e. The quantitative estimate of drug-likeness (QED) is 0.903. The second kappa shape index (κ2) is 5.57. The predicted octanol–water partition coefficient (Wildman–Crippen LogP) is 4.49. The van der Waals surface area contributed by atoms with E-state index in [1.54, 1.807) is 12.1 Å². The SMILES string of the molecule is CC(C)(C)NCc1cc(-c2c(F)cccc2Cl)ns1. The van der Waals surface area contributed by atoms with Crippen LogP contribution in [-0.4, -0.2) is 9.91 Å². The Hall–Kier alpha value is -0.970. The highest BCUT2D eigenvalue weighted by Crippen LogP contribution is 2.31. The van der Waals surface area contributed by atoms with Crippen molar-refractivity contribution in [2.75, 3.05) is 0 Å². The first-order chi connectivity index (χ1) is 8.87. The molecule has 2 aromatic rings. The van der Waals surface area contributed by atoms with Crippen LogP contribution >= 0.6 is 23.1 Å². The summed E-state index contributed by atoms with van der Waals surface area (Å²) < 4.78 is 18.1. The lowest BCUT2D eigenvalue weighted by Gasteiger charge is -2.19. The van der Waals surface area contributed by atoms with Gasteiger partial charge >= 0.3 is 0 Å². The fourth-order valence-corrected chi connectivity index (χ4v) is 2.53. The molecule has 0 bridgehead atoms. The van der Waals surface area contributed by atoms with Gasteiger partial charge in [-0.2, -0.15) is 4.37 Å². The topological polar surface area (TPSA) is 24.9 Å². The van der Waals surface area contributed by atoms with E-state index < -0.39 is 0 Å². The van der Waals surface area contributed by atoms with Crippen LogP contribution in [0.25, 0.3) is 11.3 Å². The van der Waals surface area contributed by atoms with Gasteiger partial charge in [0.25, 0.3) is 0 Å². The molecule has 0 aliphatic carbocycles. The van der Waals surface area contributed by atoms with E-state index in [-0.39, 0.29) is 11.4 Å². The third-order valence-corrected chi connectivity index (χ3v) is 3.67. The zero-order valence-corrected chi connectivity index (χ0v) is 12.7. The van der Waals surface area contributed by atoms with Crippen LogP contribution in [0.5, 0.6) is 0 Å². The van der Waals surface area contributed by atoms with Gasteiger partial charge in [-0.25, -0.2) is 4.39 Å². The molecule has 0 saturated heterocycles. The predicted molar refractivity (Wildman–Crippen MR) is 79.1 cm³/mol. The maximum Gasteiger partial charge on any atom is 0.134 e. The van der Waals surface area contributed by atoms with Crippen molar-refractivity contribution in [2.24, 2.45) is 0 Å². The Morgan fingerprint density at radius 2 is 2.11 bits per heavy atom. The Bertz CT molecular complexity index is 555. The summed E-state index contributed by atoms with van der Waals surface area (Å²) in [5.74, 6) is -0.340. The number of benzene rings is 1. The van der Waals surface area contributed by atoms with Crippen molar-refractivity contribution < 1.29 is 4.39 Å². The van der Waals surface area contributed by atoms with Crippen LogP contribution in [0.4, 0.5) is 4.39 Å². The van der Waals surface area contributed by atoms with Crippen LogP contribution in [0.1, 0.15) is 25.6 Å². The smallest absolute Gasteiger partial charge is 0.134 e. The Kier molecular flexibility index (Phi) is 4.23. The van der Waals surface area contributed by atoms with Gasteiger partial charge in [0.2, 0.25) is 0 Å². The molecular formula is C14H16ClFN2S. The van der Waals surface area contributed by atoms with Crippen molar-refractivity contribution in [2.45, 2.75) is 32.9 Å². The monoisotopic (exact) mass is 298 g/mol. The minimum absolute atomic E-state index is 0.0415. The summed E-state index contributed by atoms with van der Waals surface area (Å²) in [4.78, 5) is 1.06. The molecule has 19 heavy (non-hydrogen) atoms. The Morgan fingerprint density at radius 1 is 1.37 bits per heavy atom. The minimum atomic E-state index is -0.340. The molecule has 0 atom stereocenters. The van der Waals surface area contributed by atoms with Gasteiger partial charge in [0.05, 0.1) is 16.3 Å². The van der Waals surface area contributed by atoms with Gasteiger partial charge in [-0.05, 0) is 50.5 Å². The highest BCUT2D eigenvalue weighted by atomic mass is 35.5. The second-order valence-electron chi connectivity index (χ2n) is 5.38. The highest BCUT2D eigenvalue weighted by Gasteiger charge is 2.14. The van der Waals surface area contributed by atoms with Gasteiger partial charge < -0.3 is 5.32 Å². The van der Waals surface area contributed by atoms with Crippen LogP contribution in [0.2, 0.25) is 5.02 Å². The zero-order valence-electron chi connectivity index (χ0n) is 11.1. The lowest BCUT2D eigenvalue weighted by Crippen LogP contribution is -2.34. The van der Waals surface area contributed by atoms with Crippen molar-refractivity contribution in [3.05, 3.63) is 40.0 Å². The normalized spacial score (nSPS) is 11.8. The molecule has 0 amide bonds. The van der Waals surface area contributed by atoms with E-state index in [0.29, 0.717) is 22.8 Å². The first-order valence-electron chi connectivity index (χ1n) is 6.02. The van der Waals surface area contributed by atoms with Crippen molar-refractivity contribution in [3.63, 3.8) is 0 Å². The third-order valence-electron chi connectivity index (χ3n) is 2.57. The van der Waals surface area contributed by atoms with Gasteiger partial charge in [-0.1, -0.05) is 17.7 Å². The van der Waals surface area contributed by atoms with Gasteiger partial charge in [0, 0.05) is 17.0 Å². The van der Waals surface area contributed by atoms with Crippen LogP contribution in [0, 0.1) is 5.82 Å². The van der Waals surface area contributed by atoms with Crippen molar-refractivity contribution in [1.29, 1.82) is 0 Å². The number of rotatable bonds is 3. The molecule has 5 heteroatoms. The molecule has 0 radical (unpaired) electrons. The van der Waals surface area contributed by atoms with Crippen molar-refractivity contribution in [3.8, 4) is 11.3 Å². The van der Waals surface area contributed by atoms with Gasteiger partial charge in [-0.3, -0.25) is 0 Å². The van der Waals surface area contributed by atoms with E-state index in [1.165, 1.54) is 17.6 Å². The van der Waals surface area contributed by atoms with Gasteiger partial charge in [0.15, 0.2) is 0 Å². The lowest BCUT2D eigenvalue weighted by molar-refractivity contribution is 0.426. The Balaban J connectivity index is 2.22. The Labute approximate surface area is 121 Å². The number of halogens is 2. The van der Waals surface area contributed by atoms with Crippen LogP contribution in [0.15, 0.2) is 24.3 Å². The lowest BCUT2D eigenvalue weighted by atomic mass is 10.1. The second-order valence-corrected chi connectivity index (χ2v) is 6.68. The van der Waals surface area contributed by atoms with E-state index in [9.17, 15) is 4.39 Å². The summed E-state index contributed by atoms with van der Waals surface area (Å²) >= 11 is 7.40. The molecule has 2 nitrogen and oxygen atoms in total. The standard InChI is InChI=1S/C14H16ClFN2S/c1-14(2,3)17-8-9-7-12(18-19-9)13-10(15)5-4-6-11(13)16/h4-7,17H,8H2,1-3H3. The molecular weight excluding hydrogens is 283 g/mol. The molecule has 0 unspecified atom stereocenters. The van der Waals surface area contributed by atoms with E-state index in [4.69, 9.17) is 11.6 Å². The number of hydrogen-bond acceptors (Lipinski definition) is 3. The average molecular weight is 299 g/mol. The summed E-state index contributed by atoms with van der Waals surface area (Å²) in [5.41, 5.74) is 1.01. The largest absolute Gasteiger partial charge is 0.307 e. The van der Waals surface area contributed by atoms with E-state index in [0.717, 1.165) is 4.88 Å². The van der Waals surface area contributed by atoms with Crippen LogP contribution < -0.4 is 5.32 Å². The summed E-state index contributed by atoms with van der Waals surface area (Å²) in [6.07, 6.45) is 0. The number of nitrogens with zero attached hydrogens (tertiary/aromatic N) is 1. The highest BCUT2D eigenvalue weighted by molar-refractivity contribution is 7.06. The van der Waals surface area contributed by atoms with E-state index >= 15 is 0 Å². The fourth-order valence-electron chi connectivity index (χ4n) is 1.61. The molecule has 102 valence electrons. The molecule has 2 rings (SSSR count). The van der Waals surface area contributed by atoms with Gasteiger partial charge in [0.1, 0.15) is 5.82 Å². The molecule has 1 heterocycles. The molecule has 0 aliphatic rings.